The van der Waals surface area contributed by atoms with Gasteiger partial charge in [-0.15, -0.1) is 11.3 Å². The molecule has 3 aromatic rings. The number of aryl methyl sites for hydroxylation is 2. The number of hydrogen-bond donors (Lipinski definition) is 1. The molecule has 0 spiro atoms. The molecule has 0 radical (unpaired) electrons. The van der Waals surface area contributed by atoms with Crippen LogP contribution in [0.4, 0.5) is 0 Å². The summed E-state index contributed by atoms with van der Waals surface area (Å²) in [5, 5.41) is 9.70. The molecule has 25 heavy (non-hydrogen) atoms. The predicted octanol–water partition coefficient (Wildman–Crippen LogP) is 5.13. The van der Waals surface area contributed by atoms with Crippen LogP contribution < -0.4 is 0 Å². The quantitative estimate of drug-likeness (QED) is 0.646. The lowest BCUT2D eigenvalue weighted by atomic mass is 10.0. The summed E-state index contributed by atoms with van der Waals surface area (Å²) >= 11 is 7.24. The summed E-state index contributed by atoms with van der Waals surface area (Å²) < 4.78 is 8.54. The van der Waals surface area contributed by atoms with E-state index >= 15 is 0 Å². The number of aromatic amines is 1. The Morgan fingerprint density at radius 3 is 2.84 bits per heavy atom. The van der Waals surface area contributed by atoms with Gasteiger partial charge in [0.15, 0.2) is 10.6 Å². The minimum Gasteiger partial charge on any atom is -0.376 e. The van der Waals surface area contributed by atoms with E-state index in [-0.39, 0.29) is 6.10 Å². The van der Waals surface area contributed by atoms with Crippen LogP contribution in [0.5, 0.6) is 0 Å². The van der Waals surface area contributed by atoms with Gasteiger partial charge in [0.05, 0.1) is 12.6 Å². The lowest BCUT2D eigenvalue weighted by Gasteiger charge is -2.13. The normalized spacial score (nSPS) is 17.3. The largest absolute Gasteiger partial charge is 0.376 e. The Hall–Kier alpha value is -1.76. The fraction of sp³-hybridized carbons (Fsp3) is 0.368. The van der Waals surface area contributed by atoms with E-state index in [0.29, 0.717) is 4.77 Å². The smallest absolute Gasteiger partial charge is 0.195 e. The molecule has 1 N–H and O–H groups in total. The van der Waals surface area contributed by atoms with Gasteiger partial charge in [0.25, 0.3) is 0 Å². The van der Waals surface area contributed by atoms with Crippen LogP contribution >= 0.6 is 23.6 Å². The number of nitrogens with one attached hydrogen (secondary N) is 1. The molecule has 1 aliphatic rings. The number of ether oxygens (including phenoxy) is 1. The molecular weight excluding hydrogens is 350 g/mol. The summed E-state index contributed by atoms with van der Waals surface area (Å²) in [6, 6.07) is 8.67. The van der Waals surface area contributed by atoms with Crippen LogP contribution in [0.3, 0.4) is 0 Å². The van der Waals surface area contributed by atoms with Crippen LogP contribution in [0.15, 0.2) is 29.6 Å². The van der Waals surface area contributed by atoms with Crippen molar-refractivity contribution in [3.8, 4) is 22.5 Å². The molecule has 4 nitrogen and oxygen atoms in total. The van der Waals surface area contributed by atoms with E-state index in [1.54, 1.807) is 11.3 Å². The van der Waals surface area contributed by atoms with Gasteiger partial charge >= 0.3 is 0 Å². The average Bonchev–Trinajstić information content (AvgIpc) is 3.32. The maximum absolute atomic E-state index is 5.80. The van der Waals surface area contributed by atoms with Gasteiger partial charge < -0.3 is 4.74 Å². The van der Waals surface area contributed by atoms with Gasteiger partial charge in [-0.25, -0.2) is 0 Å². The Bertz CT molecular complexity index is 930. The van der Waals surface area contributed by atoms with Crippen molar-refractivity contribution in [2.24, 2.45) is 0 Å². The molecule has 3 heterocycles. The average molecular weight is 372 g/mol. The number of hydrogen-bond acceptors (Lipinski definition) is 4. The minimum absolute atomic E-state index is 0.227. The first kappa shape index (κ1) is 16.7. The first-order valence-electron chi connectivity index (χ1n) is 8.56. The topological polar surface area (TPSA) is 42.8 Å². The Balaban J connectivity index is 1.78. The molecule has 0 saturated carbocycles. The lowest BCUT2D eigenvalue weighted by molar-refractivity contribution is 0.0970. The summed E-state index contributed by atoms with van der Waals surface area (Å²) in [4.78, 5) is 1.29. The van der Waals surface area contributed by atoms with E-state index in [1.807, 2.05) is 0 Å². The molecule has 1 aromatic carbocycles. The number of benzene rings is 1. The van der Waals surface area contributed by atoms with Crippen molar-refractivity contribution in [1.82, 2.24) is 14.8 Å². The van der Waals surface area contributed by atoms with Gasteiger partial charge in [0, 0.05) is 28.0 Å². The third-order valence-corrected chi connectivity index (χ3v) is 5.95. The van der Waals surface area contributed by atoms with Crippen molar-refractivity contribution < 1.29 is 4.74 Å². The van der Waals surface area contributed by atoms with Gasteiger partial charge in [-0.1, -0.05) is 29.8 Å². The van der Waals surface area contributed by atoms with E-state index < -0.39 is 0 Å². The van der Waals surface area contributed by atoms with Crippen LogP contribution in [-0.4, -0.2) is 27.5 Å². The first-order valence-corrected chi connectivity index (χ1v) is 9.84. The number of nitrogens with zero attached hydrogens (tertiary/aromatic N) is 2. The fourth-order valence-electron chi connectivity index (χ4n) is 3.38. The highest BCUT2D eigenvalue weighted by molar-refractivity contribution is 7.71. The number of H-pyrrole nitrogens is 1. The van der Waals surface area contributed by atoms with Crippen molar-refractivity contribution in [2.75, 3.05) is 6.61 Å². The Labute approximate surface area is 156 Å². The summed E-state index contributed by atoms with van der Waals surface area (Å²) in [6.07, 6.45) is 2.43. The molecule has 0 unspecified atom stereocenters. The third-order valence-electron chi connectivity index (χ3n) is 4.72. The number of thiophene rings is 1. The van der Waals surface area contributed by atoms with Crippen LogP contribution in [0.1, 0.15) is 23.3 Å². The lowest BCUT2D eigenvalue weighted by Crippen LogP contribution is -2.16. The van der Waals surface area contributed by atoms with E-state index in [9.17, 15) is 0 Å². The molecule has 2 aromatic heterocycles. The molecule has 0 aliphatic carbocycles. The second-order valence-electron chi connectivity index (χ2n) is 6.54. The zero-order valence-electron chi connectivity index (χ0n) is 14.4. The molecular formula is C19H21N3OS2. The van der Waals surface area contributed by atoms with E-state index in [2.05, 4.69) is 58.3 Å². The second-order valence-corrected chi connectivity index (χ2v) is 8.02. The summed E-state index contributed by atoms with van der Waals surface area (Å²) in [5.41, 5.74) is 4.86. The maximum atomic E-state index is 5.80. The minimum atomic E-state index is 0.227. The van der Waals surface area contributed by atoms with E-state index in [4.69, 9.17) is 17.0 Å². The van der Waals surface area contributed by atoms with Crippen molar-refractivity contribution in [2.45, 2.75) is 39.3 Å². The van der Waals surface area contributed by atoms with E-state index in [1.165, 1.54) is 21.6 Å². The van der Waals surface area contributed by atoms with Gasteiger partial charge in [-0.3, -0.25) is 9.67 Å². The molecule has 130 valence electrons. The first-order chi connectivity index (χ1) is 12.1. The highest BCUT2D eigenvalue weighted by Crippen LogP contribution is 2.38. The molecule has 1 aliphatic heterocycles. The predicted molar refractivity (Wildman–Crippen MR) is 105 cm³/mol. The second kappa shape index (κ2) is 6.86. The standard InChI is InChI=1S/C19H21N3OS2/c1-12-5-7-14(8-6-12)17-13(2)25-11-16(17)18-20-21-19(24)22(18)10-15-4-3-9-23-15/h5-8,11,15H,3-4,9-10H2,1-2H3,(H,21,24)/t15-/m0/s1. The zero-order valence-corrected chi connectivity index (χ0v) is 16.0. The van der Waals surface area contributed by atoms with Crippen molar-refractivity contribution >= 4 is 23.6 Å². The fourth-order valence-corrected chi connectivity index (χ4v) is 4.45. The highest BCUT2D eigenvalue weighted by Gasteiger charge is 2.22. The Morgan fingerprint density at radius 2 is 2.12 bits per heavy atom. The SMILES string of the molecule is Cc1ccc(-c2c(-c3n[nH]c(=S)n3C[C@@H]3CCCO3)csc2C)cc1. The van der Waals surface area contributed by atoms with Crippen molar-refractivity contribution in [3.05, 3.63) is 44.9 Å². The summed E-state index contributed by atoms with van der Waals surface area (Å²) in [6.45, 7) is 5.87. The molecule has 1 atom stereocenters. The highest BCUT2D eigenvalue weighted by atomic mass is 32.1. The summed E-state index contributed by atoms with van der Waals surface area (Å²) in [5.74, 6) is 0.903. The molecule has 4 rings (SSSR count). The zero-order chi connectivity index (χ0) is 17.4. The number of rotatable bonds is 4. The molecule has 0 amide bonds. The molecule has 1 saturated heterocycles. The van der Waals surface area contributed by atoms with Crippen molar-refractivity contribution in [1.29, 1.82) is 0 Å². The Morgan fingerprint density at radius 1 is 1.32 bits per heavy atom. The molecule has 6 heteroatoms. The van der Waals surface area contributed by atoms with E-state index in [0.717, 1.165) is 37.4 Å². The van der Waals surface area contributed by atoms with Gasteiger partial charge in [-0.2, -0.15) is 5.10 Å². The monoisotopic (exact) mass is 371 g/mol. The third kappa shape index (κ3) is 3.21. The van der Waals surface area contributed by atoms with Crippen LogP contribution in [0, 0.1) is 18.6 Å². The molecule has 1 fully saturated rings. The Kier molecular flexibility index (Phi) is 4.58. The van der Waals surface area contributed by atoms with Gasteiger partial charge in [0.1, 0.15) is 0 Å². The summed E-state index contributed by atoms with van der Waals surface area (Å²) in [7, 11) is 0. The number of aromatic nitrogens is 3. The molecule has 0 bridgehead atoms. The maximum Gasteiger partial charge on any atom is 0.195 e. The van der Waals surface area contributed by atoms with Crippen LogP contribution in [0.25, 0.3) is 22.5 Å². The van der Waals surface area contributed by atoms with Gasteiger partial charge in [0.2, 0.25) is 0 Å². The van der Waals surface area contributed by atoms with Crippen LogP contribution in [-0.2, 0) is 11.3 Å². The van der Waals surface area contributed by atoms with Gasteiger partial charge in [-0.05, 0) is 44.5 Å². The van der Waals surface area contributed by atoms with Crippen molar-refractivity contribution in [3.63, 3.8) is 0 Å². The van der Waals surface area contributed by atoms with Crippen LogP contribution in [0.2, 0.25) is 0 Å².